The molecule has 0 spiro atoms. The molecule has 0 aliphatic rings. The molecule has 84 valence electrons. The number of hydrogen-bond acceptors (Lipinski definition) is 4. The van der Waals surface area contributed by atoms with Crippen molar-refractivity contribution < 1.29 is 18.5 Å². The van der Waals surface area contributed by atoms with E-state index in [0.29, 0.717) is 11.0 Å². The lowest BCUT2D eigenvalue weighted by Gasteiger charge is -2.02. The van der Waals surface area contributed by atoms with Crippen molar-refractivity contribution in [2.75, 3.05) is 12.0 Å². The van der Waals surface area contributed by atoms with E-state index in [2.05, 4.69) is 0 Å². The van der Waals surface area contributed by atoms with Crippen molar-refractivity contribution in [2.24, 2.45) is 0 Å². The Labute approximate surface area is 94.3 Å². The maximum Gasteiger partial charge on any atom is 0.179 e. The fourth-order valence-electron chi connectivity index (χ4n) is 1.52. The largest absolute Gasteiger partial charge is 0.506 e. The van der Waals surface area contributed by atoms with Gasteiger partial charge < -0.3 is 9.52 Å². The molecule has 2 aromatic rings. The molecule has 0 saturated heterocycles. The van der Waals surface area contributed by atoms with E-state index in [9.17, 15) is 14.1 Å². The van der Waals surface area contributed by atoms with Crippen LogP contribution in [0.15, 0.2) is 28.9 Å². The SMILES string of the molecule is CS(=O)CC(=O)c1ccc2occc2c1O. The van der Waals surface area contributed by atoms with Gasteiger partial charge in [-0.25, -0.2) is 0 Å². The van der Waals surface area contributed by atoms with Crippen LogP contribution in [0.1, 0.15) is 10.4 Å². The highest BCUT2D eigenvalue weighted by atomic mass is 32.2. The Morgan fingerprint density at radius 1 is 1.44 bits per heavy atom. The second kappa shape index (κ2) is 4.09. The number of benzene rings is 1. The van der Waals surface area contributed by atoms with Gasteiger partial charge in [0.1, 0.15) is 11.3 Å². The van der Waals surface area contributed by atoms with Crippen molar-refractivity contribution >= 4 is 27.6 Å². The molecule has 0 amide bonds. The minimum Gasteiger partial charge on any atom is -0.506 e. The predicted octanol–water partition coefficient (Wildman–Crippen LogP) is 1.70. The van der Waals surface area contributed by atoms with Crippen LogP contribution >= 0.6 is 0 Å². The van der Waals surface area contributed by atoms with Gasteiger partial charge in [-0.3, -0.25) is 9.00 Å². The van der Waals surface area contributed by atoms with Crippen molar-refractivity contribution in [2.45, 2.75) is 0 Å². The number of carbonyl (C=O) groups is 1. The molecule has 1 heterocycles. The highest BCUT2D eigenvalue weighted by Gasteiger charge is 2.15. The number of Topliss-reactive ketones (excluding diaryl/α,β-unsaturated/α-hetero) is 1. The number of phenolic OH excluding ortho intramolecular Hbond substituents is 1. The van der Waals surface area contributed by atoms with Crippen LogP contribution in [0.5, 0.6) is 5.75 Å². The monoisotopic (exact) mass is 238 g/mol. The Balaban J connectivity index is 2.48. The number of rotatable bonds is 3. The molecule has 4 nitrogen and oxygen atoms in total. The first-order valence-electron chi connectivity index (χ1n) is 4.62. The van der Waals surface area contributed by atoms with Gasteiger partial charge in [0.2, 0.25) is 0 Å². The van der Waals surface area contributed by atoms with Gasteiger partial charge in [-0.1, -0.05) is 0 Å². The standard InChI is InChI=1S/C11H10O4S/c1-16(14)6-9(12)7-2-3-10-8(11(7)13)4-5-15-10/h2-5,13H,6H2,1H3. The van der Waals surface area contributed by atoms with Gasteiger partial charge in [0.15, 0.2) is 5.78 Å². The molecule has 5 heteroatoms. The summed E-state index contributed by atoms with van der Waals surface area (Å²) < 4.78 is 16.0. The third-order valence-electron chi connectivity index (χ3n) is 2.24. The number of furan rings is 1. The van der Waals surface area contributed by atoms with Crippen LogP contribution in [-0.4, -0.2) is 27.1 Å². The minimum atomic E-state index is -1.21. The molecule has 2 rings (SSSR count). The van der Waals surface area contributed by atoms with E-state index in [4.69, 9.17) is 4.42 Å². The molecule has 0 bridgehead atoms. The minimum absolute atomic E-state index is 0.0864. The zero-order valence-corrected chi connectivity index (χ0v) is 9.41. The average Bonchev–Trinajstić information content (AvgIpc) is 2.65. The number of carbonyl (C=O) groups excluding carboxylic acids is 1. The summed E-state index contributed by atoms with van der Waals surface area (Å²) in [6, 6.07) is 4.68. The first-order chi connectivity index (χ1) is 7.59. The third-order valence-corrected chi connectivity index (χ3v) is 2.91. The quantitative estimate of drug-likeness (QED) is 0.826. The van der Waals surface area contributed by atoms with Gasteiger partial charge in [-0.05, 0) is 18.2 Å². The summed E-state index contributed by atoms with van der Waals surface area (Å²) in [7, 11) is -1.21. The highest BCUT2D eigenvalue weighted by Crippen LogP contribution is 2.29. The molecule has 1 unspecified atom stereocenters. The van der Waals surface area contributed by atoms with E-state index < -0.39 is 10.8 Å². The van der Waals surface area contributed by atoms with Crippen LogP contribution in [0.2, 0.25) is 0 Å². The van der Waals surface area contributed by atoms with E-state index in [1.54, 1.807) is 12.1 Å². The smallest absolute Gasteiger partial charge is 0.179 e. The molecule has 0 radical (unpaired) electrons. The van der Waals surface area contributed by atoms with Crippen molar-refractivity contribution in [1.29, 1.82) is 0 Å². The third kappa shape index (κ3) is 1.86. The molecule has 16 heavy (non-hydrogen) atoms. The summed E-state index contributed by atoms with van der Waals surface area (Å²) >= 11 is 0. The van der Waals surface area contributed by atoms with Gasteiger partial charge in [0.25, 0.3) is 0 Å². The maximum atomic E-state index is 11.7. The van der Waals surface area contributed by atoms with E-state index in [1.165, 1.54) is 18.6 Å². The Kier molecular flexibility index (Phi) is 2.78. The van der Waals surface area contributed by atoms with Crippen LogP contribution in [0.25, 0.3) is 11.0 Å². The molecule has 1 aromatic heterocycles. The van der Waals surface area contributed by atoms with Gasteiger partial charge in [0, 0.05) is 17.1 Å². The van der Waals surface area contributed by atoms with Crippen LogP contribution in [0.3, 0.4) is 0 Å². The van der Waals surface area contributed by atoms with Crippen LogP contribution in [0, 0.1) is 0 Å². The summed E-state index contributed by atoms with van der Waals surface area (Å²) in [4.78, 5) is 11.7. The Morgan fingerprint density at radius 3 is 2.88 bits per heavy atom. The van der Waals surface area contributed by atoms with E-state index >= 15 is 0 Å². The summed E-state index contributed by atoms with van der Waals surface area (Å²) in [5.74, 6) is -0.528. The normalized spacial score (nSPS) is 12.8. The first kappa shape index (κ1) is 10.9. The lowest BCUT2D eigenvalue weighted by atomic mass is 10.1. The first-order valence-corrected chi connectivity index (χ1v) is 6.34. The van der Waals surface area contributed by atoms with Gasteiger partial charge in [0.05, 0.1) is 23.0 Å². The molecule has 0 fully saturated rings. The highest BCUT2D eigenvalue weighted by molar-refractivity contribution is 7.85. The fraction of sp³-hybridized carbons (Fsp3) is 0.182. The summed E-state index contributed by atoms with van der Waals surface area (Å²) in [6.07, 6.45) is 2.89. The average molecular weight is 238 g/mol. The van der Waals surface area contributed by atoms with Crippen LogP contribution in [-0.2, 0) is 10.8 Å². The summed E-state index contributed by atoms with van der Waals surface area (Å²) in [5.41, 5.74) is 0.704. The van der Waals surface area contributed by atoms with Crippen molar-refractivity contribution in [1.82, 2.24) is 0 Å². The lowest BCUT2D eigenvalue weighted by Crippen LogP contribution is -2.09. The number of hydrogen-bond donors (Lipinski definition) is 1. The second-order valence-electron chi connectivity index (χ2n) is 3.43. The molecular weight excluding hydrogens is 228 g/mol. The number of aromatic hydroxyl groups is 1. The van der Waals surface area contributed by atoms with Crippen molar-refractivity contribution in [3.63, 3.8) is 0 Å². The molecule has 0 aliphatic carbocycles. The van der Waals surface area contributed by atoms with Crippen LogP contribution in [0.4, 0.5) is 0 Å². The van der Waals surface area contributed by atoms with Gasteiger partial charge >= 0.3 is 0 Å². The number of phenols is 1. The fourth-order valence-corrected chi connectivity index (χ4v) is 2.04. The van der Waals surface area contributed by atoms with Crippen molar-refractivity contribution in [3.8, 4) is 5.75 Å². The molecule has 1 aromatic carbocycles. The molecular formula is C11H10O4S. The topological polar surface area (TPSA) is 67.5 Å². The van der Waals surface area contributed by atoms with Crippen molar-refractivity contribution in [3.05, 3.63) is 30.0 Å². The van der Waals surface area contributed by atoms with E-state index in [1.807, 2.05) is 0 Å². The molecule has 1 N–H and O–H groups in total. The molecule has 1 atom stereocenters. The zero-order chi connectivity index (χ0) is 11.7. The number of ketones is 1. The zero-order valence-electron chi connectivity index (χ0n) is 8.60. The Bertz CT molecular complexity index is 570. The van der Waals surface area contributed by atoms with Gasteiger partial charge in [-0.15, -0.1) is 0 Å². The molecule has 0 saturated carbocycles. The summed E-state index contributed by atoms with van der Waals surface area (Å²) in [6.45, 7) is 0. The number of fused-ring (bicyclic) bond motifs is 1. The van der Waals surface area contributed by atoms with E-state index in [0.717, 1.165) is 0 Å². The van der Waals surface area contributed by atoms with Crippen LogP contribution < -0.4 is 0 Å². The Hall–Kier alpha value is -1.62. The predicted molar refractivity (Wildman–Crippen MR) is 61.1 cm³/mol. The Morgan fingerprint density at radius 2 is 2.19 bits per heavy atom. The molecule has 0 aliphatic heterocycles. The van der Waals surface area contributed by atoms with Gasteiger partial charge in [-0.2, -0.15) is 0 Å². The summed E-state index contributed by atoms with van der Waals surface area (Å²) in [5, 5.41) is 10.3. The lowest BCUT2D eigenvalue weighted by molar-refractivity contribution is 0.101. The maximum absolute atomic E-state index is 11.7. The second-order valence-corrected chi connectivity index (χ2v) is 4.87. The van der Waals surface area contributed by atoms with E-state index in [-0.39, 0.29) is 22.8 Å².